The van der Waals surface area contributed by atoms with Gasteiger partial charge >= 0.3 is 0 Å². The van der Waals surface area contributed by atoms with Crippen molar-refractivity contribution in [1.82, 2.24) is 5.32 Å². The largest absolute Gasteiger partial charge is 0.396 e. The van der Waals surface area contributed by atoms with Crippen LogP contribution >= 0.6 is 0 Å². The Morgan fingerprint density at radius 3 is 2.83 bits per heavy atom. The third kappa shape index (κ3) is 7.76. The van der Waals surface area contributed by atoms with Gasteiger partial charge in [0.15, 0.2) is 0 Å². The first-order chi connectivity index (χ1) is 5.81. The summed E-state index contributed by atoms with van der Waals surface area (Å²) in [6.45, 7) is 7.19. The van der Waals surface area contributed by atoms with Gasteiger partial charge in [0.2, 0.25) is 0 Å². The van der Waals surface area contributed by atoms with E-state index in [1.165, 1.54) is 0 Å². The molecule has 1 unspecified atom stereocenters. The minimum atomic E-state index is 0.308. The molecule has 12 heavy (non-hydrogen) atoms. The van der Waals surface area contributed by atoms with Gasteiger partial charge in [-0.05, 0) is 39.2 Å². The number of aliphatic hydroxyl groups is 1. The van der Waals surface area contributed by atoms with Gasteiger partial charge in [-0.2, -0.15) is 0 Å². The second-order valence-corrected chi connectivity index (χ2v) is 3.15. The molecular weight excluding hydrogens is 150 g/mol. The van der Waals surface area contributed by atoms with Crippen molar-refractivity contribution in [3.05, 3.63) is 12.7 Å². The summed E-state index contributed by atoms with van der Waals surface area (Å²) in [5.41, 5.74) is 0. The Bertz CT molecular complexity index is 104. The average molecular weight is 171 g/mol. The highest BCUT2D eigenvalue weighted by Gasteiger charge is 1.97. The lowest BCUT2D eigenvalue weighted by molar-refractivity contribution is 0.282. The van der Waals surface area contributed by atoms with Crippen molar-refractivity contribution in [2.24, 2.45) is 0 Å². The van der Waals surface area contributed by atoms with Gasteiger partial charge in [0.1, 0.15) is 0 Å². The monoisotopic (exact) mass is 171 g/mol. The number of aliphatic hydroxyl groups excluding tert-OH is 1. The summed E-state index contributed by atoms with van der Waals surface area (Å²) < 4.78 is 0. The van der Waals surface area contributed by atoms with Gasteiger partial charge in [-0.15, -0.1) is 6.58 Å². The maximum absolute atomic E-state index is 8.53. The highest BCUT2D eigenvalue weighted by molar-refractivity contribution is 4.70. The van der Waals surface area contributed by atoms with Gasteiger partial charge in [-0.1, -0.05) is 6.08 Å². The van der Waals surface area contributed by atoms with Crippen molar-refractivity contribution < 1.29 is 5.11 Å². The number of unbranched alkanes of at least 4 members (excludes halogenated alkanes) is 1. The lowest BCUT2D eigenvalue weighted by Gasteiger charge is -2.11. The summed E-state index contributed by atoms with van der Waals surface area (Å²) in [4.78, 5) is 0. The van der Waals surface area contributed by atoms with Gasteiger partial charge in [-0.3, -0.25) is 0 Å². The van der Waals surface area contributed by atoms with E-state index in [0.717, 1.165) is 32.2 Å². The summed E-state index contributed by atoms with van der Waals surface area (Å²) in [5, 5.41) is 11.9. The molecule has 2 nitrogen and oxygen atoms in total. The standard InChI is InChI=1S/C10H21NO/c1-3-4-7-10(2)11-8-5-6-9-12/h3,10-12H,1,4-9H2,2H3. The summed E-state index contributed by atoms with van der Waals surface area (Å²) in [5.74, 6) is 0. The topological polar surface area (TPSA) is 32.3 Å². The van der Waals surface area contributed by atoms with Crippen molar-refractivity contribution >= 4 is 0 Å². The highest BCUT2D eigenvalue weighted by atomic mass is 16.2. The predicted molar refractivity (Wildman–Crippen MR) is 53.2 cm³/mol. The van der Waals surface area contributed by atoms with Crippen LogP contribution in [-0.2, 0) is 0 Å². The molecule has 0 heterocycles. The molecule has 2 heteroatoms. The zero-order valence-electron chi connectivity index (χ0n) is 8.05. The van der Waals surface area contributed by atoms with Crippen LogP contribution in [-0.4, -0.2) is 24.3 Å². The molecule has 0 saturated heterocycles. The molecule has 2 N–H and O–H groups in total. The Kier molecular flexibility index (Phi) is 8.51. The number of hydrogen-bond acceptors (Lipinski definition) is 2. The van der Waals surface area contributed by atoms with E-state index in [1.807, 2.05) is 6.08 Å². The maximum atomic E-state index is 8.53. The molecule has 0 bridgehead atoms. The maximum Gasteiger partial charge on any atom is 0.0431 e. The van der Waals surface area contributed by atoms with Crippen LogP contribution < -0.4 is 5.32 Å². The number of nitrogens with one attached hydrogen (secondary N) is 1. The fraction of sp³-hybridized carbons (Fsp3) is 0.800. The van der Waals surface area contributed by atoms with Gasteiger partial charge in [-0.25, -0.2) is 0 Å². The third-order valence-corrected chi connectivity index (χ3v) is 1.88. The first-order valence-electron chi connectivity index (χ1n) is 4.76. The Morgan fingerprint density at radius 1 is 1.50 bits per heavy atom. The van der Waals surface area contributed by atoms with E-state index in [2.05, 4.69) is 18.8 Å². The zero-order valence-corrected chi connectivity index (χ0v) is 8.05. The first-order valence-corrected chi connectivity index (χ1v) is 4.76. The normalized spacial score (nSPS) is 12.8. The fourth-order valence-electron chi connectivity index (χ4n) is 1.06. The van der Waals surface area contributed by atoms with E-state index in [1.54, 1.807) is 0 Å². The SMILES string of the molecule is C=CCCC(C)NCCCCO. The molecule has 0 saturated carbocycles. The number of allylic oxidation sites excluding steroid dienone is 1. The van der Waals surface area contributed by atoms with E-state index in [-0.39, 0.29) is 0 Å². The van der Waals surface area contributed by atoms with E-state index in [0.29, 0.717) is 12.6 Å². The summed E-state index contributed by atoms with van der Waals surface area (Å²) in [6.07, 6.45) is 6.15. The van der Waals surface area contributed by atoms with Crippen LogP contribution in [0, 0.1) is 0 Å². The van der Waals surface area contributed by atoms with Gasteiger partial charge in [0.05, 0.1) is 0 Å². The molecule has 0 aliphatic heterocycles. The minimum absolute atomic E-state index is 0.308. The van der Waals surface area contributed by atoms with Crippen LogP contribution in [0.25, 0.3) is 0 Å². The van der Waals surface area contributed by atoms with Crippen LogP contribution in [0.5, 0.6) is 0 Å². The molecule has 0 radical (unpaired) electrons. The van der Waals surface area contributed by atoms with Crippen molar-refractivity contribution in [3.8, 4) is 0 Å². The first kappa shape index (κ1) is 11.7. The second kappa shape index (κ2) is 8.75. The molecule has 72 valence electrons. The quantitative estimate of drug-likeness (QED) is 0.430. The van der Waals surface area contributed by atoms with Crippen molar-refractivity contribution in [2.45, 2.75) is 38.6 Å². The molecule has 0 amide bonds. The van der Waals surface area contributed by atoms with Crippen LogP contribution in [0.15, 0.2) is 12.7 Å². The molecule has 0 spiro atoms. The van der Waals surface area contributed by atoms with Crippen LogP contribution in [0.4, 0.5) is 0 Å². The highest BCUT2D eigenvalue weighted by Crippen LogP contribution is 1.96. The van der Waals surface area contributed by atoms with E-state index in [4.69, 9.17) is 5.11 Å². The van der Waals surface area contributed by atoms with Gasteiger partial charge in [0.25, 0.3) is 0 Å². The molecular formula is C10H21NO. The van der Waals surface area contributed by atoms with Crippen molar-refractivity contribution in [3.63, 3.8) is 0 Å². The van der Waals surface area contributed by atoms with Crippen LogP contribution in [0.2, 0.25) is 0 Å². The average Bonchev–Trinajstić information content (AvgIpc) is 2.09. The zero-order chi connectivity index (χ0) is 9.23. The van der Waals surface area contributed by atoms with Crippen LogP contribution in [0.1, 0.15) is 32.6 Å². The summed E-state index contributed by atoms with van der Waals surface area (Å²) in [7, 11) is 0. The molecule has 0 fully saturated rings. The van der Waals surface area contributed by atoms with Gasteiger partial charge < -0.3 is 10.4 Å². The fourth-order valence-corrected chi connectivity index (χ4v) is 1.06. The smallest absolute Gasteiger partial charge is 0.0431 e. The molecule has 0 aliphatic carbocycles. The number of rotatable bonds is 8. The predicted octanol–water partition coefficient (Wildman–Crippen LogP) is 1.70. The number of hydrogen-bond donors (Lipinski definition) is 2. The minimum Gasteiger partial charge on any atom is -0.396 e. The Morgan fingerprint density at radius 2 is 2.25 bits per heavy atom. The second-order valence-electron chi connectivity index (χ2n) is 3.15. The molecule has 0 aromatic heterocycles. The lowest BCUT2D eigenvalue weighted by atomic mass is 10.2. The van der Waals surface area contributed by atoms with Crippen molar-refractivity contribution in [1.29, 1.82) is 0 Å². The molecule has 0 aromatic carbocycles. The molecule has 0 aliphatic rings. The van der Waals surface area contributed by atoms with Gasteiger partial charge in [0, 0.05) is 12.6 Å². The third-order valence-electron chi connectivity index (χ3n) is 1.88. The van der Waals surface area contributed by atoms with Crippen molar-refractivity contribution in [2.75, 3.05) is 13.2 Å². The Labute approximate surface area is 75.7 Å². The van der Waals surface area contributed by atoms with Crippen LogP contribution in [0.3, 0.4) is 0 Å². The summed E-state index contributed by atoms with van der Waals surface area (Å²) >= 11 is 0. The molecule has 0 rings (SSSR count). The van der Waals surface area contributed by atoms with E-state index >= 15 is 0 Å². The molecule has 1 atom stereocenters. The Hall–Kier alpha value is -0.340. The molecule has 0 aromatic rings. The lowest BCUT2D eigenvalue weighted by Crippen LogP contribution is -2.26. The Balaban J connectivity index is 3.07. The summed E-state index contributed by atoms with van der Waals surface area (Å²) in [6, 6.07) is 0.571. The van der Waals surface area contributed by atoms with E-state index in [9.17, 15) is 0 Å². The van der Waals surface area contributed by atoms with E-state index < -0.39 is 0 Å².